The van der Waals surface area contributed by atoms with E-state index in [0.29, 0.717) is 24.6 Å². The minimum atomic E-state index is 0. The van der Waals surface area contributed by atoms with Gasteiger partial charge in [-0.05, 0) is 32.3 Å². The first-order valence-corrected chi connectivity index (χ1v) is 9.18. The Bertz CT molecular complexity index is 586. The number of ether oxygens (including phenoxy) is 1. The quantitative estimate of drug-likeness (QED) is 0.402. The van der Waals surface area contributed by atoms with Gasteiger partial charge in [-0.25, -0.2) is 0 Å². The van der Waals surface area contributed by atoms with Crippen LogP contribution < -0.4 is 10.6 Å². The molecule has 25 heavy (non-hydrogen) atoms. The summed E-state index contributed by atoms with van der Waals surface area (Å²) < 4.78 is 7.94. The van der Waals surface area contributed by atoms with Crippen molar-refractivity contribution in [2.45, 2.75) is 59.2 Å². The van der Waals surface area contributed by atoms with E-state index in [4.69, 9.17) is 9.73 Å². The predicted octanol–water partition coefficient (Wildman–Crippen LogP) is 2.57. The maximum atomic E-state index is 5.99. The molecule has 0 spiro atoms. The number of aryl methyl sites for hydroxylation is 1. The Balaban J connectivity index is 0.00000225. The minimum Gasteiger partial charge on any atom is -0.377 e. The largest absolute Gasteiger partial charge is 0.377 e. The Kier molecular flexibility index (Phi) is 7.13. The number of guanidine groups is 1. The standard InChI is InChI=1S/C18H31N5O.HI/c1-5-19-17(20-8-9-23-12-13(2)11-21-23)22-15-14-7-6-10-24-16(14)18(15,3)4;/h11-12,14-16H,5-10H2,1-4H3,(H2,19,20,22);1H. The number of aromatic nitrogens is 2. The molecule has 3 atom stereocenters. The molecule has 1 aromatic rings. The molecule has 0 bridgehead atoms. The van der Waals surface area contributed by atoms with Crippen LogP contribution in [-0.4, -0.2) is 47.6 Å². The van der Waals surface area contributed by atoms with Gasteiger partial charge < -0.3 is 15.4 Å². The average molecular weight is 461 g/mol. The summed E-state index contributed by atoms with van der Waals surface area (Å²) in [6.07, 6.45) is 6.74. The summed E-state index contributed by atoms with van der Waals surface area (Å²) in [6, 6.07) is 0.424. The number of halogens is 1. The highest BCUT2D eigenvalue weighted by molar-refractivity contribution is 14.0. The Morgan fingerprint density at radius 3 is 2.96 bits per heavy atom. The molecule has 2 N–H and O–H groups in total. The van der Waals surface area contributed by atoms with Crippen LogP contribution in [0.1, 0.15) is 39.2 Å². The van der Waals surface area contributed by atoms with E-state index >= 15 is 0 Å². The van der Waals surface area contributed by atoms with Gasteiger partial charge in [0.2, 0.25) is 0 Å². The highest BCUT2D eigenvalue weighted by Gasteiger charge is 2.58. The monoisotopic (exact) mass is 461 g/mol. The van der Waals surface area contributed by atoms with Gasteiger partial charge in [0, 0.05) is 36.7 Å². The number of hydrogen-bond donors (Lipinski definition) is 2. The fraction of sp³-hybridized carbons (Fsp3) is 0.778. The molecule has 1 aliphatic carbocycles. The van der Waals surface area contributed by atoms with Crippen molar-refractivity contribution < 1.29 is 4.74 Å². The second kappa shape index (κ2) is 8.70. The van der Waals surface area contributed by atoms with E-state index in [9.17, 15) is 0 Å². The Hall–Kier alpha value is -0.830. The van der Waals surface area contributed by atoms with Gasteiger partial charge in [-0.15, -0.1) is 24.0 Å². The van der Waals surface area contributed by atoms with Crippen molar-refractivity contribution in [2.75, 3.05) is 19.7 Å². The normalized spacial score (nSPS) is 27.7. The summed E-state index contributed by atoms with van der Waals surface area (Å²) in [4.78, 5) is 4.74. The molecule has 2 fully saturated rings. The SMILES string of the molecule is CCNC(=NCCn1cc(C)cn1)NC1C2CCCOC2C1(C)C.I. The lowest BCUT2D eigenvalue weighted by atomic mass is 9.55. The number of aliphatic imine (C=N–C) groups is 1. The Morgan fingerprint density at radius 2 is 2.28 bits per heavy atom. The highest BCUT2D eigenvalue weighted by atomic mass is 127. The summed E-state index contributed by atoms with van der Waals surface area (Å²) >= 11 is 0. The number of nitrogens with zero attached hydrogens (tertiary/aromatic N) is 3. The van der Waals surface area contributed by atoms with Crippen LogP contribution in [0.4, 0.5) is 0 Å². The highest BCUT2D eigenvalue weighted by Crippen LogP contribution is 2.51. The number of hydrogen-bond acceptors (Lipinski definition) is 3. The fourth-order valence-electron chi connectivity index (χ4n) is 4.14. The van der Waals surface area contributed by atoms with Crippen LogP contribution in [0.3, 0.4) is 0 Å². The Morgan fingerprint density at radius 1 is 1.48 bits per heavy atom. The molecule has 3 rings (SSSR count). The summed E-state index contributed by atoms with van der Waals surface area (Å²) in [7, 11) is 0. The fourth-order valence-corrected chi connectivity index (χ4v) is 4.14. The maximum absolute atomic E-state index is 5.99. The summed E-state index contributed by atoms with van der Waals surface area (Å²) in [6.45, 7) is 12.0. The first-order chi connectivity index (χ1) is 11.5. The van der Waals surface area contributed by atoms with Gasteiger partial charge >= 0.3 is 0 Å². The van der Waals surface area contributed by atoms with Crippen LogP contribution in [0.5, 0.6) is 0 Å². The van der Waals surface area contributed by atoms with Crippen molar-refractivity contribution in [2.24, 2.45) is 16.3 Å². The molecule has 1 aliphatic heterocycles. The van der Waals surface area contributed by atoms with Crippen molar-refractivity contribution >= 4 is 29.9 Å². The molecule has 0 radical (unpaired) electrons. The third-order valence-electron chi connectivity index (χ3n) is 5.33. The van der Waals surface area contributed by atoms with Gasteiger partial charge in [-0.1, -0.05) is 13.8 Å². The van der Waals surface area contributed by atoms with Gasteiger partial charge in [0.05, 0.1) is 25.4 Å². The minimum absolute atomic E-state index is 0. The zero-order valence-electron chi connectivity index (χ0n) is 15.8. The molecule has 3 unspecified atom stereocenters. The van der Waals surface area contributed by atoms with E-state index < -0.39 is 0 Å². The van der Waals surface area contributed by atoms with Crippen LogP contribution in [-0.2, 0) is 11.3 Å². The molecule has 2 heterocycles. The van der Waals surface area contributed by atoms with Gasteiger partial charge in [0.25, 0.3) is 0 Å². The van der Waals surface area contributed by atoms with Gasteiger partial charge in [0.1, 0.15) is 0 Å². The zero-order valence-corrected chi connectivity index (χ0v) is 18.1. The number of nitrogens with one attached hydrogen (secondary N) is 2. The van der Waals surface area contributed by atoms with Crippen LogP contribution in [0.25, 0.3) is 0 Å². The van der Waals surface area contributed by atoms with E-state index in [0.717, 1.165) is 25.7 Å². The lowest BCUT2D eigenvalue weighted by Crippen LogP contribution is -2.71. The molecule has 6 nitrogen and oxygen atoms in total. The summed E-state index contributed by atoms with van der Waals surface area (Å²) in [5.41, 5.74) is 1.34. The third kappa shape index (κ3) is 4.48. The first kappa shape index (κ1) is 20.5. The lowest BCUT2D eigenvalue weighted by Gasteiger charge is -2.60. The molecule has 2 aliphatic rings. The molecule has 142 valence electrons. The van der Waals surface area contributed by atoms with Crippen molar-refractivity contribution in [1.82, 2.24) is 20.4 Å². The van der Waals surface area contributed by atoms with Gasteiger partial charge in [0.15, 0.2) is 5.96 Å². The second-order valence-electron chi connectivity index (χ2n) is 7.58. The molecule has 1 saturated carbocycles. The summed E-state index contributed by atoms with van der Waals surface area (Å²) in [5.74, 6) is 1.51. The predicted molar refractivity (Wildman–Crippen MR) is 112 cm³/mol. The van der Waals surface area contributed by atoms with Crippen molar-refractivity contribution in [3.8, 4) is 0 Å². The van der Waals surface area contributed by atoms with Crippen LogP contribution in [0, 0.1) is 18.3 Å². The summed E-state index contributed by atoms with van der Waals surface area (Å²) in [5, 5.41) is 11.4. The van der Waals surface area contributed by atoms with E-state index in [1.54, 1.807) is 0 Å². The third-order valence-corrected chi connectivity index (χ3v) is 5.33. The maximum Gasteiger partial charge on any atom is 0.191 e. The van der Waals surface area contributed by atoms with Crippen molar-refractivity contribution in [1.29, 1.82) is 0 Å². The molecular weight excluding hydrogens is 429 g/mol. The molecule has 7 heteroatoms. The Labute approximate surface area is 168 Å². The number of rotatable bonds is 5. The van der Waals surface area contributed by atoms with E-state index in [-0.39, 0.29) is 29.4 Å². The van der Waals surface area contributed by atoms with Crippen LogP contribution >= 0.6 is 24.0 Å². The smallest absolute Gasteiger partial charge is 0.191 e. The van der Waals surface area contributed by atoms with E-state index in [1.165, 1.54) is 18.4 Å². The molecule has 0 amide bonds. The average Bonchev–Trinajstić information content (AvgIpc) is 2.98. The topological polar surface area (TPSA) is 63.5 Å². The van der Waals surface area contributed by atoms with Gasteiger partial charge in [-0.3, -0.25) is 9.67 Å². The molecule has 0 aromatic carbocycles. The molecule has 1 aromatic heterocycles. The molecular formula is C18H32IN5O. The first-order valence-electron chi connectivity index (χ1n) is 9.18. The zero-order chi connectivity index (χ0) is 17.2. The number of fused-ring (bicyclic) bond motifs is 1. The van der Waals surface area contributed by atoms with E-state index in [2.05, 4.69) is 49.6 Å². The van der Waals surface area contributed by atoms with Gasteiger partial charge in [-0.2, -0.15) is 5.10 Å². The van der Waals surface area contributed by atoms with E-state index in [1.807, 2.05) is 10.9 Å². The van der Waals surface area contributed by atoms with Crippen molar-refractivity contribution in [3.05, 3.63) is 18.0 Å². The second-order valence-corrected chi connectivity index (χ2v) is 7.58. The van der Waals surface area contributed by atoms with Crippen LogP contribution in [0.2, 0.25) is 0 Å². The molecule has 1 saturated heterocycles. The van der Waals surface area contributed by atoms with Crippen LogP contribution in [0.15, 0.2) is 17.4 Å². The van der Waals surface area contributed by atoms with Crippen molar-refractivity contribution in [3.63, 3.8) is 0 Å². The lowest BCUT2D eigenvalue weighted by molar-refractivity contribution is -0.188.